The van der Waals surface area contributed by atoms with Crippen LogP contribution in [-0.4, -0.2) is 38.0 Å². The summed E-state index contributed by atoms with van der Waals surface area (Å²) in [5.74, 6) is 0. The van der Waals surface area contributed by atoms with E-state index in [9.17, 15) is 0 Å². The maximum Gasteiger partial charge on any atom is 0.0944 e. The number of aryl methyl sites for hydroxylation is 1. The van der Waals surface area contributed by atoms with Gasteiger partial charge in [0.05, 0.1) is 24.8 Å². The molecule has 1 heterocycles. The minimum absolute atomic E-state index is 0.0207. The molecular formula is C10H18N2O2S. The Morgan fingerprint density at radius 2 is 2.33 bits per heavy atom. The summed E-state index contributed by atoms with van der Waals surface area (Å²) in [5, 5.41) is 3.11. The lowest BCUT2D eigenvalue weighted by atomic mass is 10.2. The molecule has 0 spiro atoms. The fourth-order valence-corrected chi connectivity index (χ4v) is 2.02. The predicted molar refractivity (Wildman–Crippen MR) is 61.2 cm³/mol. The zero-order valence-corrected chi connectivity index (χ0v) is 10.0. The van der Waals surface area contributed by atoms with Gasteiger partial charge in [0.1, 0.15) is 0 Å². The van der Waals surface area contributed by atoms with E-state index >= 15 is 0 Å². The van der Waals surface area contributed by atoms with Crippen LogP contribution in [0.5, 0.6) is 0 Å². The Bertz CT molecular complexity index is 278. The summed E-state index contributed by atoms with van der Waals surface area (Å²) in [7, 11) is 1.65. The van der Waals surface area contributed by atoms with Crippen molar-refractivity contribution >= 4 is 11.3 Å². The maximum atomic E-state index is 5.90. The van der Waals surface area contributed by atoms with E-state index in [1.807, 2.05) is 12.3 Å². The number of nitrogens with zero attached hydrogens (tertiary/aromatic N) is 1. The Hall–Kier alpha value is -0.490. The van der Waals surface area contributed by atoms with Gasteiger partial charge in [0.25, 0.3) is 0 Å². The van der Waals surface area contributed by atoms with Gasteiger partial charge in [0, 0.05) is 30.6 Å². The van der Waals surface area contributed by atoms with E-state index in [-0.39, 0.29) is 6.04 Å². The molecule has 0 aliphatic heterocycles. The van der Waals surface area contributed by atoms with Crippen LogP contribution in [0.4, 0.5) is 0 Å². The molecule has 1 aromatic rings. The van der Waals surface area contributed by atoms with Crippen LogP contribution < -0.4 is 5.73 Å². The lowest BCUT2D eigenvalue weighted by Gasteiger charge is -2.10. The van der Waals surface area contributed by atoms with Gasteiger partial charge in [-0.2, -0.15) is 0 Å². The highest BCUT2D eigenvalue weighted by molar-refractivity contribution is 7.09. The van der Waals surface area contributed by atoms with Crippen molar-refractivity contribution in [3.8, 4) is 0 Å². The lowest BCUT2D eigenvalue weighted by molar-refractivity contribution is 0.0637. The third kappa shape index (κ3) is 5.22. The highest BCUT2D eigenvalue weighted by atomic mass is 32.1. The highest BCUT2D eigenvalue weighted by Gasteiger charge is 2.07. The second-order valence-corrected chi connectivity index (χ2v) is 4.36. The van der Waals surface area contributed by atoms with Gasteiger partial charge in [0.2, 0.25) is 0 Å². The van der Waals surface area contributed by atoms with E-state index in [4.69, 9.17) is 15.2 Å². The van der Waals surface area contributed by atoms with Crippen molar-refractivity contribution in [3.05, 3.63) is 16.1 Å². The number of nitrogens with two attached hydrogens (primary N) is 1. The summed E-state index contributed by atoms with van der Waals surface area (Å²) in [6.07, 6.45) is 0.783. The van der Waals surface area contributed by atoms with Gasteiger partial charge in [-0.05, 0) is 6.92 Å². The molecular weight excluding hydrogens is 212 g/mol. The quantitative estimate of drug-likeness (QED) is 0.710. The molecule has 1 atom stereocenters. The van der Waals surface area contributed by atoms with Gasteiger partial charge in [-0.3, -0.25) is 0 Å². The van der Waals surface area contributed by atoms with Gasteiger partial charge in [-0.15, -0.1) is 11.3 Å². The predicted octanol–water partition coefficient (Wildman–Crippen LogP) is 0.984. The average molecular weight is 230 g/mol. The Morgan fingerprint density at radius 3 is 2.93 bits per heavy atom. The van der Waals surface area contributed by atoms with Crippen molar-refractivity contribution in [2.24, 2.45) is 5.73 Å². The smallest absolute Gasteiger partial charge is 0.0944 e. The average Bonchev–Trinajstić information content (AvgIpc) is 2.59. The van der Waals surface area contributed by atoms with Gasteiger partial charge in [0.15, 0.2) is 0 Å². The van der Waals surface area contributed by atoms with Crippen LogP contribution in [0.1, 0.15) is 10.7 Å². The van der Waals surface area contributed by atoms with Crippen molar-refractivity contribution in [2.75, 3.05) is 26.9 Å². The first-order valence-electron chi connectivity index (χ1n) is 4.95. The molecule has 1 rings (SSSR count). The summed E-state index contributed by atoms with van der Waals surface area (Å²) < 4.78 is 10.2. The highest BCUT2D eigenvalue weighted by Crippen LogP contribution is 2.10. The van der Waals surface area contributed by atoms with Gasteiger partial charge < -0.3 is 15.2 Å². The van der Waals surface area contributed by atoms with Crippen molar-refractivity contribution in [2.45, 2.75) is 19.4 Å². The second kappa shape index (κ2) is 6.90. The fourth-order valence-electron chi connectivity index (χ4n) is 1.16. The first-order valence-corrected chi connectivity index (χ1v) is 5.83. The number of aromatic nitrogens is 1. The molecule has 0 saturated heterocycles. The topological polar surface area (TPSA) is 57.4 Å². The number of ether oxygens (including phenoxy) is 2. The number of methoxy groups -OCH3 is 1. The van der Waals surface area contributed by atoms with Crippen molar-refractivity contribution in [1.82, 2.24) is 4.98 Å². The molecule has 0 aliphatic carbocycles. The molecule has 2 N–H and O–H groups in total. The molecule has 0 radical (unpaired) electrons. The summed E-state index contributed by atoms with van der Waals surface area (Å²) in [4.78, 5) is 4.35. The Balaban J connectivity index is 2.15. The summed E-state index contributed by atoms with van der Waals surface area (Å²) >= 11 is 1.65. The van der Waals surface area contributed by atoms with Crippen LogP contribution >= 0.6 is 11.3 Å². The number of rotatable bonds is 7. The summed E-state index contributed by atoms with van der Waals surface area (Å²) in [5.41, 5.74) is 6.96. The first-order chi connectivity index (χ1) is 7.22. The number of hydrogen-bond donors (Lipinski definition) is 1. The molecule has 0 fully saturated rings. The Labute approximate surface area is 94.4 Å². The van der Waals surface area contributed by atoms with Crippen LogP contribution in [0.2, 0.25) is 0 Å². The van der Waals surface area contributed by atoms with Crippen LogP contribution in [0.25, 0.3) is 0 Å². The molecule has 0 aliphatic rings. The lowest BCUT2D eigenvalue weighted by Crippen LogP contribution is -2.29. The van der Waals surface area contributed by atoms with E-state index in [1.165, 1.54) is 0 Å². The molecule has 4 nitrogen and oxygen atoms in total. The fraction of sp³-hybridized carbons (Fsp3) is 0.700. The van der Waals surface area contributed by atoms with Gasteiger partial charge >= 0.3 is 0 Å². The second-order valence-electron chi connectivity index (χ2n) is 3.41. The Kier molecular flexibility index (Phi) is 5.78. The van der Waals surface area contributed by atoms with E-state index in [1.54, 1.807) is 18.4 Å². The van der Waals surface area contributed by atoms with E-state index < -0.39 is 0 Å². The van der Waals surface area contributed by atoms with Crippen molar-refractivity contribution in [1.29, 1.82) is 0 Å². The Morgan fingerprint density at radius 1 is 1.53 bits per heavy atom. The normalized spacial score (nSPS) is 13.0. The van der Waals surface area contributed by atoms with E-state index in [2.05, 4.69) is 4.98 Å². The SMILES string of the molecule is COCCOCC(N)Cc1nc(C)cs1. The minimum atomic E-state index is 0.0207. The molecule has 5 heteroatoms. The molecule has 0 amide bonds. The minimum Gasteiger partial charge on any atom is -0.382 e. The third-order valence-corrected chi connectivity index (χ3v) is 2.86. The summed E-state index contributed by atoms with van der Waals surface area (Å²) in [6.45, 7) is 3.76. The van der Waals surface area contributed by atoms with Gasteiger partial charge in [-0.1, -0.05) is 0 Å². The zero-order chi connectivity index (χ0) is 11.1. The van der Waals surface area contributed by atoms with Crippen molar-refractivity contribution in [3.63, 3.8) is 0 Å². The maximum absolute atomic E-state index is 5.90. The van der Waals surface area contributed by atoms with E-state index in [0.29, 0.717) is 19.8 Å². The first kappa shape index (κ1) is 12.6. The van der Waals surface area contributed by atoms with Crippen LogP contribution in [0.15, 0.2) is 5.38 Å². The molecule has 15 heavy (non-hydrogen) atoms. The number of thiazole rings is 1. The zero-order valence-electron chi connectivity index (χ0n) is 9.23. The standard InChI is InChI=1S/C10H18N2O2S/c1-8-7-15-10(12-8)5-9(11)6-14-4-3-13-2/h7,9H,3-6,11H2,1-2H3. The van der Waals surface area contributed by atoms with E-state index in [0.717, 1.165) is 17.1 Å². The summed E-state index contributed by atoms with van der Waals surface area (Å²) in [6, 6.07) is 0.0207. The molecule has 1 unspecified atom stereocenters. The molecule has 86 valence electrons. The number of hydrogen-bond acceptors (Lipinski definition) is 5. The van der Waals surface area contributed by atoms with Crippen LogP contribution in [-0.2, 0) is 15.9 Å². The monoisotopic (exact) mass is 230 g/mol. The van der Waals surface area contributed by atoms with Crippen molar-refractivity contribution < 1.29 is 9.47 Å². The largest absolute Gasteiger partial charge is 0.382 e. The molecule has 0 saturated carbocycles. The third-order valence-electron chi connectivity index (χ3n) is 1.87. The molecule has 0 aromatic carbocycles. The molecule has 0 bridgehead atoms. The van der Waals surface area contributed by atoms with Crippen LogP contribution in [0.3, 0.4) is 0 Å². The van der Waals surface area contributed by atoms with Gasteiger partial charge in [-0.25, -0.2) is 4.98 Å². The molecule has 1 aromatic heterocycles. The van der Waals surface area contributed by atoms with Crippen LogP contribution in [0, 0.1) is 6.92 Å².